The van der Waals surface area contributed by atoms with Crippen LogP contribution in [0, 0.1) is 0 Å². The minimum Gasteiger partial charge on any atom is -0.383 e. The van der Waals surface area contributed by atoms with E-state index in [1.807, 2.05) is 0 Å². The molecule has 1 aromatic rings. The third-order valence-corrected chi connectivity index (χ3v) is 5.97. The zero-order valence-corrected chi connectivity index (χ0v) is 18.3. The predicted molar refractivity (Wildman–Crippen MR) is 114 cm³/mol. The number of methoxy groups -OCH3 is 1. The van der Waals surface area contributed by atoms with Crippen LogP contribution in [0.3, 0.4) is 0 Å². The summed E-state index contributed by atoms with van der Waals surface area (Å²) in [5.74, 6) is 0.698. The maximum atomic E-state index is 12.2. The van der Waals surface area contributed by atoms with Gasteiger partial charge >= 0.3 is 0 Å². The van der Waals surface area contributed by atoms with Crippen LogP contribution in [0.25, 0.3) is 0 Å². The maximum absolute atomic E-state index is 12.2. The Morgan fingerprint density at radius 3 is 2.60 bits per heavy atom. The molecule has 30 heavy (non-hydrogen) atoms. The van der Waals surface area contributed by atoms with Gasteiger partial charge in [-0.05, 0) is 12.1 Å². The molecular weight excluding hydrogens is 410 g/mol. The van der Waals surface area contributed by atoms with Gasteiger partial charge in [0.15, 0.2) is 5.96 Å². The lowest BCUT2D eigenvalue weighted by atomic mass is 10.3. The molecule has 0 bridgehead atoms. The fraction of sp³-hybridized carbons (Fsp3) is 0.611. The molecule has 12 heteroatoms. The number of hydrogen-bond donors (Lipinski definition) is 3. The van der Waals surface area contributed by atoms with Crippen molar-refractivity contribution in [1.82, 2.24) is 30.1 Å². The van der Waals surface area contributed by atoms with Gasteiger partial charge in [0, 0.05) is 72.4 Å². The van der Waals surface area contributed by atoms with E-state index in [1.165, 1.54) is 18.5 Å². The van der Waals surface area contributed by atoms with Crippen LogP contribution in [0.1, 0.15) is 0 Å². The van der Waals surface area contributed by atoms with Crippen molar-refractivity contribution in [3.63, 3.8) is 0 Å². The first-order chi connectivity index (χ1) is 14.5. The van der Waals surface area contributed by atoms with Gasteiger partial charge in [-0.3, -0.25) is 19.7 Å². The van der Waals surface area contributed by atoms with Gasteiger partial charge in [0.1, 0.15) is 4.90 Å². The summed E-state index contributed by atoms with van der Waals surface area (Å²) < 4.78 is 31.8. The Morgan fingerprint density at radius 2 is 1.97 bits per heavy atom. The van der Waals surface area contributed by atoms with Gasteiger partial charge in [-0.15, -0.1) is 0 Å². The summed E-state index contributed by atoms with van der Waals surface area (Å²) in [6, 6.07) is 3.08. The van der Waals surface area contributed by atoms with Crippen LogP contribution in [-0.4, -0.2) is 108 Å². The van der Waals surface area contributed by atoms with E-state index in [2.05, 4.69) is 35.1 Å². The van der Waals surface area contributed by atoms with Crippen molar-refractivity contribution in [2.75, 3.05) is 73.1 Å². The third kappa shape index (κ3) is 7.86. The number of sulfonamides is 1. The highest BCUT2D eigenvalue weighted by atomic mass is 32.2. The topological polar surface area (TPSA) is 128 Å². The number of carbonyl (C=O) groups excluding carboxylic acids is 1. The minimum atomic E-state index is -3.58. The number of amides is 1. The number of guanidine groups is 1. The summed E-state index contributed by atoms with van der Waals surface area (Å²) >= 11 is 0. The van der Waals surface area contributed by atoms with Gasteiger partial charge in [-0.25, -0.2) is 13.1 Å². The van der Waals surface area contributed by atoms with Crippen molar-refractivity contribution in [1.29, 1.82) is 0 Å². The largest absolute Gasteiger partial charge is 0.383 e. The van der Waals surface area contributed by atoms with Crippen molar-refractivity contribution < 1.29 is 17.9 Å². The van der Waals surface area contributed by atoms with E-state index in [-0.39, 0.29) is 17.3 Å². The lowest BCUT2D eigenvalue weighted by molar-refractivity contribution is -0.122. The van der Waals surface area contributed by atoms with Crippen LogP contribution in [0.4, 0.5) is 0 Å². The molecule has 1 aromatic heterocycles. The fourth-order valence-electron chi connectivity index (χ4n) is 2.95. The molecule has 1 amide bonds. The minimum absolute atomic E-state index is 0.0103. The van der Waals surface area contributed by atoms with E-state index >= 15 is 0 Å². The number of piperazine rings is 1. The Hall–Kier alpha value is -2.28. The fourth-order valence-corrected chi connectivity index (χ4v) is 3.95. The van der Waals surface area contributed by atoms with Crippen LogP contribution in [-0.2, 0) is 19.6 Å². The summed E-state index contributed by atoms with van der Waals surface area (Å²) in [5.41, 5.74) is 0. The maximum Gasteiger partial charge on any atom is 0.242 e. The molecule has 0 spiro atoms. The molecule has 0 radical (unpaired) electrons. The summed E-state index contributed by atoms with van der Waals surface area (Å²) in [7, 11) is -0.284. The third-order valence-electron chi connectivity index (χ3n) is 4.52. The summed E-state index contributed by atoms with van der Waals surface area (Å²) in [4.78, 5) is 24.3. The number of nitrogens with zero attached hydrogens (tertiary/aromatic N) is 4. The Labute approximate surface area is 177 Å². The van der Waals surface area contributed by atoms with E-state index in [0.29, 0.717) is 32.2 Å². The molecular formula is C18H31N7O4S. The van der Waals surface area contributed by atoms with E-state index in [4.69, 9.17) is 4.74 Å². The van der Waals surface area contributed by atoms with Gasteiger partial charge in [0.2, 0.25) is 15.9 Å². The molecule has 0 saturated carbocycles. The standard InChI is InChI=1S/C18H31N7O4S/c1-19-18(22-6-7-23-30(27,28)16-4-3-5-20-14-16)25-11-9-24(10-12-25)15-17(26)21-8-13-29-2/h3-5,14,23H,6-13,15H2,1-2H3,(H,19,22)(H,21,26). The number of aromatic nitrogens is 1. The monoisotopic (exact) mass is 441 g/mol. The molecule has 1 saturated heterocycles. The van der Waals surface area contributed by atoms with Crippen molar-refractivity contribution in [2.45, 2.75) is 4.90 Å². The van der Waals surface area contributed by atoms with Gasteiger partial charge < -0.3 is 20.3 Å². The number of rotatable bonds is 10. The van der Waals surface area contributed by atoms with Crippen LogP contribution >= 0.6 is 0 Å². The van der Waals surface area contributed by atoms with Crippen molar-refractivity contribution in [3.8, 4) is 0 Å². The van der Waals surface area contributed by atoms with Gasteiger partial charge in [-0.2, -0.15) is 0 Å². The summed E-state index contributed by atoms with van der Waals surface area (Å²) in [6.45, 7) is 4.93. The molecule has 0 aromatic carbocycles. The van der Waals surface area contributed by atoms with Crippen molar-refractivity contribution in [2.24, 2.45) is 4.99 Å². The second-order valence-corrected chi connectivity index (χ2v) is 8.43. The number of nitrogens with one attached hydrogen (secondary N) is 3. The Balaban J connectivity index is 1.69. The molecule has 3 N–H and O–H groups in total. The number of pyridine rings is 1. The van der Waals surface area contributed by atoms with E-state index in [1.54, 1.807) is 20.2 Å². The summed E-state index contributed by atoms with van der Waals surface area (Å²) in [6.07, 6.45) is 2.84. The molecule has 11 nitrogen and oxygen atoms in total. The number of carbonyl (C=O) groups is 1. The number of ether oxygens (including phenoxy) is 1. The van der Waals surface area contributed by atoms with E-state index in [0.717, 1.165) is 26.2 Å². The quantitative estimate of drug-likeness (QED) is 0.223. The zero-order valence-electron chi connectivity index (χ0n) is 17.5. The van der Waals surface area contributed by atoms with Crippen molar-refractivity contribution >= 4 is 21.9 Å². The average molecular weight is 442 g/mol. The smallest absolute Gasteiger partial charge is 0.242 e. The normalized spacial score (nSPS) is 15.8. The lowest BCUT2D eigenvalue weighted by Gasteiger charge is -2.36. The van der Waals surface area contributed by atoms with Crippen LogP contribution < -0.4 is 15.4 Å². The van der Waals surface area contributed by atoms with Gasteiger partial charge in [-0.1, -0.05) is 0 Å². The van der Waals surface area contributed by atoms with Crippen LogP contribution in [0.15, 0.2) is 34.4 Å². The molecule has 1 aliphatic rings. The first-order valence-electron chi connectivity index (χ1n) is 9.79. The zero-order chi connectivity index (χ0) is 21.8. The molecule has 2 heterocycles. The Morgan fingerprint density at radius 1 is 1.20 bits per heavy atom. The van der Waals surface area contributed by atoms with E-state index in [9.17, 15) is 13.2 Å². The Bertz CT molecular complexity index is 781. The van der Waals surface area contributed by atoms with Gasteiger partial charge in [0.05, 0.1) is 13.2 Å². The van der Waals surface area contributed by atoms with Crippen LogP contribution in [0.2, 0.25) is 0 Å². The summed E-state index contributed by atoms with van der Waals surface area (Å²) in [5, 5.41) is 5.99. The first kappa shape index (κ1) is 24.0. The van der Waals surface area contributed by atoms with Gasteiger partial charge in [0.25, 0.3) is 0 Å². The molecule has 168 valence electrons. The Kier molecular flexibility index (Phi) is 9.94. The molecule has 0 aliphatic carbocycles. The molecule has 1 fully saturated rings. The first-order valence-corrected chi connectivity index (χ1v) is 11.3. The number of hydrogen-bond acceptors (Lipinski definition) is 7. The predicted octanol–water partition coefficient (Wildman–Crippen LogP) is -1.68. The SMILES string of the molecule is CN=C(NCCNS(=O)(=O)c1cccnc1)N1CCN(CC(=O)NCCOC)CC1. The molecule has 2 rings (SSSR count). The van der Waals surface area contributed by atoms with E-state index < -0.39 is 10.0 Å². The highest BCUT2D eigenvalue weighted by Crippen LogP contribution is 2.05. The molecule has 0 atom stereocenters. The van der Waals surface area contributed by atoms with Crippen molar-refractivity contribution in [3.05, 3.63) is 24.5 Å². The second kappa shape index (κ2) is 12.4. The molecule has 0 unspecified atom stereocenters. The highest BCUT2D eigenvalue weighted by Gasteiger charge is 2.21. The average Bonchev–Trinajstić information content (AvgIpc) is 2.75. The molecule has 1 aliphatic heterocycles. The number of aliphatic imine (C=N–C) groups is 1. The van der Waals surface area contributed by atoms with Crippen LogP contribution in [0.5, 0.6) is 0 Å². The highest BCUT2D eigenvalue weighted by molar-refractivity contribution is 7.89. The second-order valence-electron chi connectivity index (χ2n) is 6.67. The lowest BCUT2D eigenvalue weighted by Crippen LogP contribution is -2.54.